The average molecular weight is 384 g/mol. The molecule has 0 N–H and O–H groups in total. The van der Waals surface area contributed by atoms with Crippen molar-refractivity contribution in [3.8, 4) is 11.1 Å². The number of carbonyl (C=O) groups is 2. The maximum absolute atomic E-state index is 13.3. The first-order valence-electron chi connectivity index (χ1n) is 9.90. The highest BCUT2D eigenvalue weighted by molar-refractivity contribution is 6.05. The molecule has 2 amide bonds. The molecule has 0 aromatic heterocycles. The number of hydrogen-bond acceptors (Lipinski definition) is 2. The summed E-state index contributed by atoms with van der Waals surface area (Å²) in [6.45, 7) is 4.72. The number of benzene rings is 3. The molecule has 1 fully saturated rings. The Morgan fingerprint density at radius 3 is 2.28 bits per heavy atom. The van der Waals surface area contributed by atoms with Gasteiger partial charge in [-0.25, -0.2) is 0 Å². The Balaban J connectivity index is 1.62. The van der Waals surface area contributed by atoms with Gasteiger partial charge in [0.1, 0.15) is 6.04 Å². The van der Waals surface area contributed by atoms with Gasteiger partial charge in [0, 0.05) is 24.2 Å². The minimum Gasteiger partial charge on any atom is -0.325 e. The summed E-state index contributed by atoms with van der Waals surface area (Å²) in [4.78, 5) is 29.8. The second-order valence-electron chi connectivity index (χ2n) is 7.36. The number of rotatable bonds is 3. The van der Waals surface area contributed by atoms with E-state index in [2.05, 4.69) is 0 Å². The van der Waals surface area contributed by atoms with Crippen LogP contribution in [0.15, 0.2) is 78.9 Å². The van der Waals surface area contributed by atoms with Gasteiger partial charge >= 0.3 is 0 Å². The highest BCUT2D eigenvalue weighted by Gasteiger charge is 2.36. The predicted octanol–water partition coefficient (Wildman–Crippen LogP) is 4.54. The maximum atomic E-state index is 13.3. The molecule has 0 spiro atoms. The quantitative estimate of drug-likeness (QED) is 0.665. The highest BCUT2D eigenvalue weighted by atomic mass is 16.2. The van der Waals surface area contributed by atoms with Crippen molar-refractivity contribution in [1.29, 1.82) is 0 Å². The molecule has 0 radical (unpaired) electrons. The molecule has 1 atom stereocenters. The summed E-state index contributed by atoms with van der Waals surface area (Å²) in [5.74, 6) is -0.137. The number of anilines is 1. The second kappa shape index (κ2) is 7.92. The fraction of sp³-hybridized carbons (Fsp3) is 0.200. The molecule has 1 heterocycles. The summed E-state index contributed by atoms with van der Waals surface area (Å²) in [7, 11) is 0. The monoisotopic (exact) mass is 384 g/mol. The summed E-state index contributed by atoms with van der Waals surface area (Å²) in [5.41, 5.74) is 4.56. The molecule has 29 heavy (non-hydrogen) atoms. The summed E-state index contributed by atoms with van der Waals surface area (Å²) in [6, 6.07) is 25.0. The third kappa shape index (κ3) is 3.54. The van der Waals surface area contributed by atoms with Crippen molar-refractivity contribution in [2.75, 3.05) is 18.0 Å². The van der Waals surface area contributed by atoms with Crippen LogP contribution in [0.2, 0.25) is 0 Å². The molecule has 146 valence electrons. The van der Waals surface area contributed by atoms with E-state index in [0.29, 0.717) is 18.7 Å². The van der Waals surface area contributed by atoms with E-state index >= 15 is 0 Å². The Hall–Kier alpha value is -3.40. The van der Waals surface area contributed by atoms with E-state index in [4.69, 9.17) is 0 Å². The molecule has 4 heteroatoms. The highest BCUT2D eigenvalue weighted by Crippen LogP contribution is 2.32. The van der Waals surface area contributed by atoms with Crippen molar-refractivity contribution in [1.82, 2.24) is 4.90 Å². The molecule has 4 nitrogen and oxygen atoms in total. The SMILES string of the molecule is Cc1ccccc1C(=O)N1CCN(c2ccccc2-c2ccccc2)C(=O)C1C. The van der Waals surface area contributed by atoms with E-state index in [1.165, 1.54) is 0 Å². The van der Waals surface area contributed by atoms with Crippen LogP contribution in [0.25, 0.3) is 11.1 Å². The van der Waals surface area contributed by atoms with Gasteiger partial charge in [0.25, 0.3) is 5.91 Å². The van der Waals surface area contributed by atoms with Crippen LogP contribution < -0.4 is 4.90 Å². The topological polar surface area (TPSA) is 40.6 Å². The van der Waals surface area contributed by atoms with E-state index in [1.807, 2.05) is 97.6 Å². The van der Waals surface area contributed by atoms with Crippen LogP contribution in [0.5, 0.6) is 0 Å². The lowest BCUT2D eigenvalue weighted by Crippen LogP contribution is -2.58. The van der Waals surface area contributed by atoms with Gasteiger partial charge in [0.15, 0.2) is 0 Å². The molecule has 0 aliphatic carbocycles. The lowest BCUT2D eigenvalue weighted by atomic mass is 10.0. The molecular formula is C25H24N2O2. The van der Waals surface area contributed by atoms with Crippen LogP contribution in [0, 0.1) is 6.92 Å². The third-order valence-corrected chi connectivity index (χ3v) is 5.57. The molecule has 3 aromatic carbocycles. The Morgan fingerprint density at radius 2 is 1.52 bits per heavy atom. The summed E-state index contributed by atoms with van der Waals surface area (Å²) in [6.07, 6.45) is 0. The normalized spacial score (nSPS) is 16.8. The standard InChI is InChI=1S/C25H24N2O2/c1-18-10-6-7-13-21(18)25(29)26-16-17-27(24(28)19(26)2)23-15-9-8-14-22(23)20-11-4-3-5-12-20/h3-15,19H,16-17H2,1-2H3. The maximum Gasteiger partial charge on any atom is 0.254 e. The van der Waals surface area contributed by atoms with Crippen LogP contribution in [-0.4, -0.2) is 35.8 Å². The summed E-state index contributed by atoms with van der Waals surface area (Å²) < 4.78 is 0. The number of piperazine rings is 1. The Bertz CT molecular complexity index is 1050. The predicted molar refractivity (Wildman–Crippen MR) is 116 cm³/mol. The molecule has 3 aromatic rings. The third-order valence-electron chi connectivity index (χ3n) is 5.57. The first kappa shape index (κ1) is 18.9. The largest absolute Gasteiger partial charge is 0.325 e. The number of nitrogens with zero attached hydrogens (tertiary/aromatic N) is 2. The van der Waals surface area contributed by atoms with Gasteiger partial charge in [-0.05, 0) is 37.1 Å². The van der Waals surface area contributed by atoms with Gasteiger partial charge in [0.05, 0.1) is 5.69 Å². The lowest BCUT2D eigenvalue weighted by molar-refractivity contribution is -0.124. The van der Waals surface area contributed by atoms with E-state index < -0.39 is 6.04 Å². The molecule has 0 bridgehead atoms. The smallest absolute Gasteiger partial charge is 0.254 e. The average Bonchev–Trinajstić information content (AvgIpc) is 2.76. The number of aryl methyl sites for hydroxylation is 1. The van der Waals surface area contributed by atoms with Crippen LogP contribution >= 0.6 is 0 Å². The minimum atomic E-state index is -0.514. The minimum absolute atomic E-state index is 0.0541. The molecular weight excluding hydrogens is 360 g/mol. The molecule has 0 saturated carbocycles. The molecule has 1 aliphatic rings. The van der Waals surface area contributed by atoms with Gasteiger partial charge in [-0.2, -0.15) is 0 Å². The van der Waals surface area contributed by atoms with Gasteiger partial charge in [-0.3, -0.25) is 9.59 Å². The fourth-order valence-electron chi connectivity index (χ4n) is 3.93. The van der Waals surface area contributed by atoms with Crippen LogP contribution in [-0.2, 0) is 4.79 Å². The molecule has 1 saturated heterocycles. The van der Waals surface area contributed by atoms with E-state index in [9.17, 15) is 9.59 Å². The van der Waals surface area contributed by atoms with E-state index in [0.717, 1.165) is 22.4 Å². The summed E-state index contributed by atoms with van der Waals surface area (Å²) in [5, 5.41) is 0. The van der Waals surface area contributed by atoms with Gasteiger partial charge in [0.2, 0.25) is 5.91 Å². The van der Waals surface area contributed by atoms with Gasteiger partial charge in [-0.15, -0.1) is 0 Å². The molecule has 1 aliphatic heterocycles. The number of para-hydroxylation sites is 1. The van der Waals surface area contributed by atoms with Crippen molar-refractivity contribution in [3.05, 3.63) is 90.0 Å². The van der Waals surface area contributed by atoms with Gasteiger partial charge < -0.3 is 9.80 Å². The first-order valence-corrected chi connectivity index (χ1v) is 9.90. The van der Waals surface area contributed by atoms with Crippen LogP contribution in [0.4, 0.5) is 5.69 Å². The lowest BCUT2D eigenvalue weighted by Gasteiger charge is -2.40. The summed E-state index contributed by atoms with van der Waals surface area (Å²) >= 11 is 0. The van der Waals surface area contributed by atoms with Crippen molar-refractivity contribution >= 4 is 17.5 Å². The van der Waals surface area contributed by atoms with E-state index in [1.54, 1.807) is 4.90 Å². The zero-order valence-electron chi connectivity index (χ0n) is 16.7. The molecule has 4 rings (SSSR count). The number of carbonyl (C=O) groups excluding carboxylic acids is 2. The van der Waals surface area contributed by atoms with Crippen LogP contribution in [0.3, 0.4) is 0 Å². The van der Waals surface area contributed by atoms with Crippen molar-refractivity contribution in [2.24, 2.45) is 0 Å². The first-order chi connectivity index (χ1) is 14.1. The fourth-order valence-corrected chi connectivity index (χ4v) is 3.93. The van der Waals surface area contributed by atoms with Crippen molar-refractivity contribution < 1.29 is 9.59 Å². The Morgan fingerprint density at radius 1 is 0.862 bits per heavy atom. The molecule has 1 unspecified atom stereocenters. The van der Waals surface area contributed by atoms with E-state index in [-0.39, 0.29) is 11.8 Å². The number of amides is 2. The van der Waals surface area contributed by atoms with Crippen LogP contribution in [0.1, 0.15) is 22.8 Å². The van der Waals surface area contributed by atoms with Gasteiger partial charge in [-0.1, -0.05) is 66.7 Å². The van der Waals surface area contributed by atoms with Crippen molar-refractivity contribution in [3.63, 3.8) is 0 Å². The second-order valence-corrected chi connectivity index (χ2v) is 7.36. The zero-order valence-corrected chi connectivity index (χ0v) is 16.7. The zero-order chi connectivity index (χ0) is 20.4. The van der Waals surface area contributed by atoms with Crippen molar-refractivity contribution in [2.45, 2.75) is 19.9 Å². The Kier molecular flexibility index (Phi) is 5.17. The Labute approximate surface area is 171 Å². The number of hydrogen-bond donors (Lipinski definition) is 0.